The Bertz CT molecular complexity index is 945. The molecular formula is C20H25N5O2. The Morgan fingerprint density at radius 2 is 2.30 bits per heavy atom. The predicted molar refractivity (Wildman–Crippen MR) is 104 cm³/mol. The van der Waals surface area contributed by atoms with Gasteiger partial charge in [0.05, 0.1) is 23.4 Å². The van der Waals surface area contributed by atoms with Crippen LogP contribution < -0.4 is 10.6 Å². The van der Waals surface area contributed by atoms with Crippen LogP contribution in [-0.2, 0) is 0 Å². The summed E-state index contributed by atoms with van der Waals surface area (Å²) < 4.78 is 7.35. The van der Waals surface area contributed by atoms with E-state index in [-0.39, 0.29) is 18.0 Å². The van der Waals surface area contributed by atoms with Gasteiger partial charge in [0.15, 0.2) is 11.4 Å². The lowest BCUT2D eigenvalue weighted by Gasteiger charge is -2.28. The molecule has 1 aliphatic rings. The summed E-state index contributed by atoms with van der Waals surface area (Å²) in [6.45, 7) is 7.15. The number of furan rings is 1. The molecule has 4 rings (SSSR count). The molecule has 1 saturated heterocycles. The van der Waals surface area contributed by atoms with Crippen molar-refractivity contribution in [2.24, 2.45) is 0 Å². The molecule has 7 heteroatoms. The lowest BCUT2D eigenvalue weighted by atomic mass is 10.00. The molecule has 0 saturated carbocycles. The first-order valence-corrected chi connectivity index (χ1v) is 9.49. The fourth-order valence-electron chi connectivity index (χ4n) is 3.66. The zero-order chi connectivity index (χ0) is 19.0. The number of nitrogens with zero attached hydrogens (tertiary/aromatic N) is 3. The van der Waals surface area contributed by atoms with Gasteiger partial charge in [-0.1, -0.05) is 0 Å². The fraction of sp³-hybridized carbons (Fsp3) is 0.450. The molecule has 2 N–H and O–H groups in total. The predicted octanol–water partition coefficient (Wildman–Crippen LogP) is 3.14. The molecule has 2 unspecified atom stereocenters. The van der Waals surface area contributed by atoms with E-state index in [0.717, 1.165) is 24.8 Å². The molecule has 142 valence electrons. The Labute approximate surface area is 158 Å². The second-order valence-corrected chi connectivity index (χ2v) is 7.50. The Morgan fingerprint density at radius 1 is 1.44 bits per heavy atom. The standard InChI is InChI=1S/C20H25N5O2/c1-12(2)25-19-16(11-22-25)15(10-17(24-19)18-5-4-8-27-18)20(26)23-14-6-7-21-13(3)9-14/h4-5,8,10-14,21H,6-7,9H2,1-3H3,(H,23,26). The number of hydrogen-bond donors (Lipinski definition) is 2. The topological polar surface area (TPSA) is 85.0 Å². The molecule has 27 heavy (non-hydrogen) atoms. The summed E-state index contributed by atoms with van der Waals surface area (Å²) in [7, 11) is 0. The monoisotopic (exact) mass is 367 g/mol. The lowest BCUT2D eigenvalue weighted by Crippen LogP contribution is -2.46. The highest BCUT2D eigenvalue weighted by molar-refractivity contribution is 6.06. The summed E-state index contributed by atoms with van der Waals surface area (Å²) in [5.74, 6) is 0.551. The van der Waals surface area contributed by atoms with Crippen molar-refractivity contribution in [1.29, 1.82) is 0 Å². The summed E-state index contributed by atoms with van der Waals surface area (Å²) in [6, 6.07) is 6.18. The van der Waals surface area contributed by atoms with Gasteiger partial charge in [-0.2, -0.15) is 5.10 Å². The molecule has 2 atom stereocenters. The number of amides is 1. The Morgan fingerprint density at radius 3 is 3.00 bits per heavy atom. The Hall–Kier alpha value is -2.67. The summed E-state index contributed by atoms with van der Waals surface area (Å²) in [6.07, 6.45) is 5.20. The van der Waals surface area contributed by atoms with Crippen molar-refractivity contribution in [2.75, 3.05) is 6.54 Å². The molecule has 0 radical (unpaired) electrons. The minimum atomic E-state index is -0.0855. The molecule has 0 bridgehead atoms. The van der Waals surface area contributed by atoms with Crippen LogP contribution in [0.5, 0.6) is 0 Å². The quantitative estimate of drug-likeness (QED) is 0.740. The van der Waals surface area contributed by atoms with Crippen LogP contribution in [0.3, 0.4) is 0 Å². The molecule has 7 nitrogen and oxygen atoms in total. The minimum Gasteiger partial charge on any atom is -0.463 e. The van der Waals surface area contributed by atoms with Crippen molar-refractivity contribution in [1.82, 2.24) is 25.4 Å². The van der Waals surface area contributed by atoms with E-state index in [1.807, 2.05) is 30.7 Å². The summed E-state index contributed by atoms with van der Waals surface area (Å²) >= 11 is 0. The van der Waals surface area contributed by atoms with Gasteiger partial charge >= 0.3 is 0 Å². The number of carbonyl (C=O) groups excluding carboxylic acids is 1. The molecule has 1 aliphatic heterocycles. The molecule has 0 aromatic carbocycles. The minimum absolute atomic E-state index is 0.0855. The molecule has 1 fully saturated rings. The summed E-state index contributed by atoms with van der Waals surface area (Å²) in [5, 5.41) is 11.8. The van der Waals surface area contributed by atoms with Gasteiger partial charge in [0.25, 0.3) is 5.91 Å². The average Bonchev–Trinajstić information content (AvgIpc) is 3.30. The largest absolute Gasteiger partial charge is 0.463 e. The van der Waals surface area contributed by atoms with Crippen LogP contribution in [0.4, 0.5) is 0 Å². The van der Waals surface area contributed by atoms with Crippen molar-refractivity contribution < 1.29 is 9.21 Å². The average molecular weight is 367 g/mol. The number of nitrogens with one attached hydrogen (secondary N) is 2. The zero-order valence-electron chi connectivity index (χ0n) is 15.9. The van der Waals surface area contributed by atoms with Gasteiger partial charge in [0, 0.05) is 18.1 Å². The first kappa shape index (κ1) is 17.7. The van der Waals surface area contributed by atoms with Crippen LogP contribution in [0, 0.1) is 0 Å². The van der Waals surface area contributed by atoms with Crippen LogP contribution in [-0.4, -0.2) is 39.3 Å². The van der Waals surface area contributed by atoms with Crippen LogP contribution in [0.1, 0.15) is 50.0 Å². The maximum atomic E-state index is 13.1. The zero-order valence-corrected chi connectivity index (χ0v) is 15.9. The number of fused-ring (bicyclic) bond motifs is 1. The van der Waals surface area contributed by atoms with E-state index >= 15 is 0 Å². The SMILES string of the molecule is CC1CC(NC(=O)c2cc(-c3ccco3)nc3c2cnn3C(C)C)CCN1. The molecule has 3 aromatic rings. The number of hydrogen-bond acceptors (Lipinski definition) is 5. The van der Waals surface area contributed by atoms with Crippen molar-refractivity contribution in [3.63, 3.8) is 0 Å². The summed E-state index contributed by atoms with van der Waals surface area (Å²) in [4.78, 5) is 17.8. The van der Waals surface area contributed by atoms with Gasteiger partial charge in [-0.15, -0.1) is 0 Å². The van der Waals surface area contributed by atoms with Crippen LogP contribution in [0.25, 0.3) is 22.5 Å². The first-order chi connectivity index (χ1) is 13.0. The van der Waals surface area contributed by atoms with Gasteiger partial charge in [0.1, 0.15) is 5.69 Å². The summed E-state index contributed by atoms with van der Waals surface area (Å²) in [5.41, 5.74) is 1.92. The highest BCUT2D eigenvalue weighted by Gasteiger charge is 2.24. The molecule has 0 aliphatic carbocycles. The van der Waals surface area contributed by atoms with Crippen LogP contribution >= 0.6 is 0 Å². The van der Waals surface area contributed by atoms with Gasteiger partial charge in [-0.25, -0.2) is 9.67 Å². The highest BCUT2D eigenvalue weighted by atomic mass is 16.3. The van der Waals surface area contributed by atoms with Gasteiger partial charge in [-0.3, -0.25) is 4.79 Å². The smallest absolute Gasteiger partial charge is 0.252 e. The van der Waals surface area contributed by atoms with Gasteiger partial charge < -0.3 is 15.1 Å². The third-order valence-electron chi connectivity index (χ3n) is 5.03. The van der Waals surface area contributed by atoms with E-state index in [2.05, 4.69) is 22.7 Å². The Kier molecular flexibility index (Phi) is 4.70. The van der Waals surface area contributed by atoms with Gasteiger partial charge in [0.2, 0.25) is 0 Å². The van der Waals surface area contributed by atoms with E-state index in [0.29, 0.717) is 28.7 Å². The fourth-order valence-corrected chi connectivity index (χ4v) is 3.66. The van der Waals surface area contributed by atoms with E-state index in [1.54, 1.807) is 18.5 Å². The maximum absolute atomic E-state index is 13.1. The third kappa shape index (κ3) is 3.47. The number of rotatable bonds is 4. The number of piperidine rings is 1. The Balaban J connectivity index is 1.75. The normalized spacial score (nSPS) is 20.3. The van der Waals surface area contributed by atoms with Gasteiger partial charge in [-0.05, 0) is 58.4 Å². The van der Waals surface area contributed by atoms with Crippen molar-refractivity contribution in [3.8, 4) is 11.5 Å². The maximum Gasteiger partial charge on any atom is 0.252 e. The van der Waals surface area contributed by atoms with Crippen molar-refractivity contribution >= 4 is 16.9 Å². The molecule has 1 amide bonds. The second kappa shape index (κ2) is 7.15. The van der Waals surface area contributed by atoms with E-state index in [9.17, 15) is 4.79 Å². The van der Waals surface area contributed by atoms with E-state index in [4.69, 9.17) is 9.40 Å². The number of carbonyl (C=O) groups is 1. The lowest BCUT2D eigenvalue weighted by molar-refractivity contribution is 0.0927. The molecule has 4 heterocycles. The second-order valence-electron chi connectivity index (χ2n) is 7.50. The van der Waals surface area contributed by atoms with E-state index < -0.39 is 0 Å². The number of pyridine rings is 1. The highest BCUT2D eigenvalue weighted by Crippen LogP contribution is 2.27. The first-order valence-electron chi connectivity index (χ1n) is 9.49. The molecule has 3 aromatic heterocycles. The van der Waals surface area contributed by atoms with Crippen LogP contribution in [0.2, 0.25) is 0 Å². The van der Waals surface area contributed by atoms with E-state index in [1.165, 1.54) is 0 Å². The molecular weight excluding hydrogens is 342 g/mol. The third-order valence-corrected chi connectivity index (χ3v) is 5.03. The number of aromatic nitrogens is 3. The van der Waals surface area contributed by atoms with Crippen molar-refractivity contribution in [3.05, 3.63) is 36.2 Å². The van der Waals surface area contributed by atoms with Crippen LogP contribution in [0.15, 0.2) is 35.1 Å². The molecule has 0 spiro atoms. The van der Waals surface area contributed by atoms with Crippen molar-refractivity contribution in [2.45, 2.75) is 51.7 Å².